The van der Waals surface area contributed by atoms with Gasteiger partial charge in [-0.15, -0.1) is 0 Å². The summed E-state index contributed by atoms with van der Waals surface area (Å²) in [5.41, 5.74) is 6.51. The Bertz CT molecular complexity index is 915. The molecule has 1 aliphatic carbocycles. The summed E-state index contributed by atoms with van der Waals surface area (Å²) in [5, 5.41) is 3.78. The third-order valence-corrected chi connectivity index (χ3v) is 5.51. The number of fused-ring (bicyclic) bond motifs is 3. The van der Waals surface area contributed by atoms with Crippen LogP contribution < -0.4 is 5.32 Å². The Morgan fingerprint density at radius 2 is 1.84 bits per heavy atom. The number of aromatic nitrogens is 1. The van der Waals surface area contributed by atoms with Gasteiger partial charge in [0.05, 0.1) is 6.04 Å². The number of hydrogen-bond acceptors (Lipinski definition) is 2. The molecular formula is C23H20N2. The molecule has 3 atom stereocenters. The van der Waals surface area contributed by atoms with Crippen molar-refractivity contribution in [2.75, 3.05) is 5.32 Å². The number of pyridine rings is 1. The molecule has 25 heavy (non-hydrogen) atoms. The van der Waals surface area contributed by atoms with Crippen molar-refractivity contribution < 1.29 is 0 Å². The number of hydrogen-bond donors (Lipinski definition) is 1. The highest BCUT2D eigenvalue weighted by molar-refractivity contribution is 5.71. The molecular weight excluding hydrogens is 304 g/mol. The normalized spacial score (nSPS) is 23.6. The molecule has 5 rings (SSSR count). The minimum atomic E-state index is 0.323. The van der Waals surface area contributed by atoms with Crippen molar-refractivity contribution in [1.82, 2.24) is 4.98 Å². The Balaban J connectivity index is 1.58. The topological polar surface area (TPSA) is 24.9 Å². The van der Waals surface area contributed by atoms with Crippen molar-refractivity contribution >= 4 is 5.69 Å². The molecule has 0 saturated carbocycles. The maximum absolute atomic E-state index is 4.32. The predicted molar refractivity (Wildman–Crippen MR) is 102 cm³/mol. The van der Waals surface area contributed by atoms with E-state index in [0.29, 0.717) is 17.9 Å². The number of anilines is 1. The van der Waals surface area contributed by atoms with E-state index in [4.69, 9.17) is 0 Å². The van der Waals surface area contributed by atoms with E-state index in [1.165, 1.54) is 27.9 Å². The third-order valence-electron chi connectivity index (χ3n) is 5.51. The van der Waals surface area contributed by atoms with Crippen LogP contribution in [0.2, 0.25) is 0 Å². The second kappa shape index (κ2) is 5.89. The third kappa shape index (κ3) is 2.45. The van der Waals surface area contributed by atoms with Gasteiger partial charge in [0.1, 0.15) is 0 Å². The summed E-state index contributed by atoms with van der Waals surface area (Å²) in [6.45, 7) is 0. The lowest BCUT2D eigenvalue weighted by atomic mass is 9.76. The van der Waals surface area contributed by atoms with Crippen LogP contribution >= 0.6 is 0 Å². The quantitative estimate of drug-likeness (QED) is 0.623. The van der Waals surface area contributed by atoms with Crippen LogP contribution in [-0.2, 0) is 0 Å². The lowest BCUT2D eigenvalue weighted by Gasteiger charge is -2.37. The van der Waals surface area contributed by atoms with Gasteiger partial charge >= 0.3 is 0 Å². The van der Waals surface area contributed by atoms with E-state index in [-0.39, 0.29) is 0 Å². The Morgan fingerprint density at radius 3 is 2.68 bits per heavy atom. The molecule has 2 heteroatoms. The zero-order chi connectivity index (χ0) is 16.6. The summed E-state index contributed by atoms with van der Waals surface area (Å²) in [4.78, 5) is 4.32. The van der Waals surface area contributed by atoms with Gasteiger partial charge in [0.25, 0.3) is 0 Å². The van der Waals surface area contributed by atoms with Gasteiger partial charge in [-0.3, -0.25) is 4.98 Å². The van der Waals surface area contributed by atoms with Crippen LogP contribution in [0.4, 0.5) is 5.69 Å². The minimum Gasteiger partial charge on any atom is -0.378 e. The molecule has 122 valence electrons. The Hall–Kier alpha value is -2.87. The van der Waals surface area contributed by atoms with Gasteiger partial charge in [0.15, 0.2) is 0 Å². The molecule has 1 N–H and O–H groups in total. The molecule has 0 saturated heterocycles. The summed E-state index contributed by atoms with van der Waals surface area (Å²) in [6, 6.07) is 22.0. The SMILES string of the molecule is C1=CC2c3cc(-c4ccccc4)ccc3NC(c3cccnc3)C2C1. The lowest BCUT2D eigenvalue weighted by Crippen LogP contribution is -2.29. The second-order valence-electron chi connectivity index (χ2n) is 6.93. The van der Waals surface area contributed by atoms with Gasteiger partial charge in [0, 0.05) is 24.0 Å². The largest absolute Gasteiger partial charge is 0.378 e. The maximum atomic E-state index is 4.32. The van der Waals surface area contributed by atoms with E-state index >= 15 is 0 Å². The zero-order valence-electron chi connectivity index (χ0n) is 14.0. The number of nitrogens with one attached hydrogen (secondary N) is 1. The molecule has 0 bridgehead atoms. The molecule has 3 aromatic rings. The van der Waals surface area contributed by atoms with E-state index in [9.17, 15) is 0 Å². The van der Waals surface area contributed by atoms with E-state index in [1.54, 1.807) is 0 Å². The van der Waals surface area contributed by atoms with Gasteiger partial charge < -0.3 is 5.32 Å². The van der Waals surface area contributed by atoms with Crippen molar-refractivity contribution in [2.24, 2.45) is 5.92 Å². The summed E-state index contributed by atoms with van der Waals surface area (Å²) in [7, 11) is 0. The van der Waals surface area contributed by atoms with Crippen molar-refractivity contribution in [3.8, 4) is 11.1 Å². The van der Waals surface area contributed by atoms with E-state index in [0.717, 1.165) is 6.42 Å². The number of benzene rings is 2. The molecule has 0 radical (unpaired) electrons. The van der Waals surface area contributed by atoms with Crippen LogP contribution in [0.15, 0.2) is 85.2 Å². The van der Waals surface area contributed by atoms with Gasteiger partial charge in [0.2, 0.25) is 0 Å². The van der Waals surface area contributed by atoms with E-state index < -0.39 is 0 Å². The monoisotopic (exact) mass is 324 g/mol. The smallest absolute Gasteiger partial charge is 0.0569 e. The van der Waals surface area contributed by atoms with E-state index in [2.05, 4.69) is 77.1 Å². The Kier molecular flexibility index (Phi) is 3.41. The summed E-state index contributed by atoms with van der Waals surface area (Å²) >= 11 is 0. The van der Waals surface area contributed by atoms with Crippen LogP contribution in [0.1, 0.15) is 29.5 Å². The van der Waals surface area contributed by atoms with Gasteiger partial charge in [-0.2, -0.15) is 0 Å². The fraction of sp³-hybridized carbons (Fsp3) is 0.174. The number of nitrogens with zero attached hydrogens (tertiary/aromatic N) is 1. The Labute approximate surface area is 148 Å². The van der Waals surface area contributed by atoms with Crippen molar-refractivity contribution in [3.63, 3.8) is 0 Å². The van der Waals surface area contributed by atoms with Crippen molar-refractivity contribution in [2.45, 2.75) is 18.4 Å². The second-order valence-corrected chi connectivity index (χ2v) is 6.93. The number of allylic oxidation sites excluding steroid dienone is 2. The van der Waals surface area contributed by atoms with Crippen molar-refractivity contribution in [1.29, 1.82) is 0 Å². The lowest BCUT2D eigenvalue weighted by molar-refractivity contribution is 0.425. The van der Waals surface area contributed by atoms with E-state index in [1.807, 2.05) is 18.5 Å². The average molecular weight is 324 g/mol. The van der Waals surface area contributed by atoms with Crippen LogP contribution in [0.5, 0.6) is 0 Å². The van der Waals surface area contributed by atoms with Crippen LogP contribution in [0, 0.1) is 5.92 Å². The molecule has 0 spiro atoms. The minimum absolute atomic E-state index is 0.323. The highest BCUT2D eigenvalue weighted by Crippen LogP contribution is 2.50. The summed E-state index contributed by atoms with van der Waals surface area (Å²) < 4.78 is 0. The fourth-order valence-corrected chi connectivity index (χ4v) is 4.29. The maximum Gasteiger partial charge on any atom is 0.0569 e. The molecule has 2 nitrogen and oxygen atoms in total. The molecule has 1 aliphatic heterocycles. The Morgan fingerprint density at radius 1 is 0.920 bits per heavy atom. The highest BCUT2D eigenvalue weighted by atomic mass is 15.0. The fourth-order valence-electron chi connectivity index (χ4n) is 4.29. The van der Waals surface area contributed by atoms with Crippen molar-refractivity contribution in [3.05, 3.63) is 96.3 Å². The molecule has 2 heterocycles. The highest BCUT2D eigenvalue weighted by Gasteiger charge is 2.37. The first-order valence-electron chi connectivity index (χ1n) is 8.92. The van der Waals surface area contributed by atoms with Gasteiger partial charge in [-0.05, 0) is 52.8 Å². The van der Waals surface area contributed by atoms with Crippen LogP contribution in [-0.4, -0.2) is 4.98 Å². The van der Waals surface area contributed by atoms with Gasteiger partial charge in [-0.1, -0.05) is 54.6 Å². The molecule has 2 aliphatic rings. The van der Waals surface area contributed by atoms with Gasteiger partial charge in [-0.25, -0.2) is 0 Å². The first-order chi connectivity index (χ1) is 12.4. The molecule has 0 amide bonds. The zero-order valence-corrected chi connectivity index (χ0v) is 14.0. The first-order valence-corrected chi connectivity index (χ1v) is 8.92. The first kappa shape index (κ1) is 14.5. The molecule has 2 aromatic carbocycles. The van der Waals surface area contributed by atoms with Crippen LogP contribution in [0.3, 0.4) is 0 Å². The average Bonchev–Trinajstić information content (AvgIpc) is 3.18. The summed E-state index contributed by atoms with van der Waals surface area (Å²) in [6.07, 6.45) is 9.69. The standard InChI is InChI=1S/C23H20N2/c1-2-6-16(7-3-1)17-11-12-22-21(14-17)19-9-4-10-20(19)23(25-22)18-8-5-13-24-15-18/h1-9,11-15,19-20,23,25H,10H2. The number of rotatable bonds is 2. The molecule has 3 unspecified atom stereocenters. The summed E-state index contributed by atoms with van der Waals surface area (Å²) in [5.74, 6) is 1.04. The molecule has 1 aromatic heterocycles. The predicted octanol–water partition coefficient (Wildman–Crippen LogP) is 5.58. The molecule has 0 fully saturated rings. The van der Waals surface area contributed by atoms with Crippen LogP contribution in [0.25, 0.3) is 11.1 Å².